The Morgan fingerprint density at radius 1 is 0.429 bits per heavy atom. The summed E-state index contributed by atoms with van der Waals surface area (Å²) >= 11 is 0. The second-order valence-corrected chi connectivity index (χ2v) is 9.59. The molecule has 4 rings (SSSR count). The maximum Gasteiger partial charge on any atom is -0.0179 e. The zero-order valence-corrected chi connectivity index (χ0v) is 23.2. The zero-order valence-electron chi connectivity index (χ0n) is 23.2. The van der Waals surface area contributed by atoms with E-state index < -0.39 is 0 Å². The molecule has 0 fully saturated rings. The van der Waals surface area contributed by atoms with Crippen LogP contribution in [0.4, 0.5) is 0 Å². The van der Waals surface area contributed by atoms with Gasteiger partial charge in [-0.15, -0.1) is 0 Å². The fraction of sp³-hybridized carbons (Fsp3) is 0.257. The van der Waals surface area contributed by atoms with Gasteiger partial charge in [0.25, 0.3) is 0 Å². The van der Waals surface area contributed by atoms with E-state index in [1.165, 1.54) is 61.2 Å². The van der Waals surface area contributed by atoms with Gasteiger partial charge in [-0.05, 0) is 129 Å². The van der Waals surface area contributed by atoms with Gasteiger partial charge in [-0.2, -0.15) is 0 Å². The quantitative estimate of drug-likeness (QED) is 0.278. The first-order valence-electron chi connectivity index (χ1n) is 12.4. The third-order valence-electron chi connectivity index (χ3n) is 7.16. The Hall–Kier alpha value is -3.38. The Morgan fingerprint density at radius 3 is 1.09 bits per heavy atom. The van der Waals surface area contributed by atoms with E-state index in [1.54, 1.807) is 0 Å². The Kier molecular flexibility index (Phi) is 10.3. The smallest absolute Gasteiger partial charge is 0.0179 e. The van der Waals surface area contributed by atoms with Gasteiger partial charge in [0.15, 0.2) is 0 Å². The molecule has 0 N–H and O–H groups in total. The molecule has 0 aromatic heterocycles. The van der Waals surface area contributed by atoms with Gasteiger partial charge in [0.2, 0.25) is 0 Å². The van der Waals surface area contributed by atoms with Gasteiger partial charge >= 0.3 is 0 Å². The molecule has 0 aliphatic heterocycles. The van der Waals surface area contributed by atoms with E-state index >= 15 is 0 Å². The summed E-state index contributed by atoms with van der Waals surface area (Å²) in [6, 6.07) is 25.8. The van der Waals surface area contributed by atoms with E-state index in [2.05, 4.69) is 142 Å². The van der Waals surface area contributed by atoms with Crippen molar-refractivity contribution >= 4 is 6.08 Å². The fourth-order valence-electron chi connectivity index (χ4n) is 3.81. The molecular weight excluding hydrogens is 420 g/mol. The minimum Gasteiger partial charge on any atom is -0.0985 e. The molecule has 4 aromatic rings. The summed E-state index contributed by atoms with van der Waals surface area (Å²) in [5, 5.41) is 0. The van der Waals surface area contributed by atoms with E-state index in [1.807, 2.05) is 6.08 Å². The summed E-state index contributed by atoms with van der Waals surface area (Å²) in [6.45, 7) is 23.2. The topological polar surface area (TPSA) is 0 Å². The van der Waals surface area contributed by atoms with Crippen molar-refractivity contribution in [2.75, 3.05) is 0 Å². The van der Waals surface area contributed by atoms with Crippen LogP contribution in [0.25, 0.3) is 17.2 Å². The van der Waals surface area contributed by atoms with Gasteiger partial charge in [0, 0.05) is 0 Å². The number of hydrogen-bond acceptors (Lipinski definition) is 0. The van der Waals surface area contributed by atoms with Crippen molar-refractivity contribution in [2.45, 2.75) is 62.3 Å². The Morgan fingerprint density at radius 2 is 0.771 bits per heavy atom. The maximum absolute atomic E-state index is 3.77. The average Bonchev–Trinajstić information content (AvgIpc) is 2.85. The second-order valence-electron chi connectivity index (χ2n) is 9.59. The van der Waals surface area contributed by atoms with E-state index in [0.29, 0.717) is 0 Å². The van der Waals surface area contributed by atoms with Crippen LogP contribution < -0.4 is 0 Å². The number of aryl methyl sites for hydroxylation is 6. The first-order chi connectivity index (χ1) is 16.5. The van der Waals surface area contributed by atoms with Crippen LogP contribution in [0.3, 0.4) is 0 Å². The molecule has 182 valence electrons. The highest BCUT2D eigenvalue weighted by molar-refractivity contribution is 5.67. The molecule has 0 heterocycles. The molecule has 0 saturated heterocycles. The summed E-state index contributed by atoms with van der Waals surface area (Å²) in [7, 11) is 0. The van der Waals surface area contributed by atoms with Crippen molar-refractivity contribution in [3.05, 3.63) is 135 Å². The third-order valence-corrected chi connectivity index (χ3v) is 7.16. The van der Waals surface area contributed by atoms with Gasteiger partial charge in [0.05, 0.1) is 0 Å². The van der Waals surface area contributed by atoms with Crippen LogP contribution >= 0.6 is 0 Å². The predicted octanol–water partition coefficient (Wildman–Crippen LogP) is 10.1. The fourth-order valence-corrected chi connectivity index (χ4v) is 3.81. The number of hydrogen-bond donors (Lipinski definition) is 0. The molecule has 0 nitrogen and oxygen atoms in total. The molecule has 0 amide bonds. The van der Waals surface area contributed by atoms with Crippen LogP contribution in [0, 0.1) is 62.3 Å². The highest BCUT2D eigenvalue weighted by atomic mass is 14.1. The molecular formula is C35H42. The number of rotatable bonds is 2. The van der Waals surface area contributed by atoms with Crippen molar-refractivity contribution in [3.8, 4) is 11.1 Å². The molecule has 35 heavy (non-hydrogen) atoms. The minimum atomic E-state index is 1.16. The molecule has 4 aromatic carbocycles. The van der Waals surface area contributed by atoms with Crippen LogP contribution in [-0.4, -0.2) is 0 Å². The largest absolute Gasteiger partial charge is 0.0985 e. The van der Waals surface area contributed by atoms with Crippen LogP contribution in [0.1, 0.15) is 55.6 Å². The molecule has 0 heteroatoms. The van der Waals surface area contributed by atoms with Gasteiger partial charge in [-0.3, -0.25) is 0 Å². The molecule has 0 saturated carbocycles. The Bertz CT molecular complexity index is 1160. The molecule has 0 bridgehead atoms. The first-order valence-corrected chi connectivity index (χ1v) is 12.4. The molecule has 0 spiro atoms. The second kappa shape index (κ2) is 12.9. The van der Waals surface area contributed by atoms with Crippen molar-refractivity contribution in [3.63, 3.8) is 0 Å². The van der Waals surface area contributed by atoms with Crippen molar-refractivity contribution < 1.29 is 0 Å². The Balaban J connectivity index is 0.000000203. The van der Waals surface area contributed by atoms with Crippen LogP contribution in [0.5, 0.6) is 0 Å². The average molecular weight is 463 g/mol. The Labute approximate surface area is 214 Å². The van der Waals surface area contributed by atoms with Crippen molar-refractivity contribution in [1.82, 2.24) is 0 Å². The maximum atomic E-state index is 3.77. The molecule has 0 radical (unpaired) electrons. The number of benzene rings is 4. The standard InChI is InChI=1S/C17H18.2C9H12/c1-5-15-6-8-16(9-7-15)17-10-12(2)14(4)13(3)11-17;2*1-7-5-4-6-8(2)9(7)3/h5-11H,1H2,2-4H3;2*4-6H,1-3H3. The molecule has 0 aliphatic carbocycles. The van der Waals surface area contributed by atoms with Gasteiger partial charge in [0.1, 0.15) is 0 Å². The SMILES string of the molecule is C=Cc1ccc(-c2cc(C)c(C)c(C)c2)cc1.Cc1cccc(C)c1C.Cc1cccc(C)c1C. The first kappa shape index (κ1) is 27.9. The van der Waals surface area contributed by atoms with Gasteiger partial charge < -0.3 is 0 Å². The zero-order chi connectivity index (χ0) is 26.1. The van der Waals surface area contributed by atoms with E-state index in [9.17, 15) is 0 Å². The van der Waals surface area contributed by atoms with Crippen molar-refractivity contribution in [2.24, 2.45) is 0 Å². The predicted molar refractivity (Wildman–Crippen MR) is 157 cm³/mol. The lowest BCUT2D eigenvalue weighted by molar-refractivity contribution is 1.27. The lowest BCUT2D eigenvalue weighted by atomic mass is 9.96. The van der Waals surface area contributed by atoms with Crippen LogP contribution in [-0.2, 0) is 0 Å². The van der Waals surface area contributed by atoms with E-state index in [4.69, 9.17) is 0 Å². The van der Waals surface area contributed by atoms with E-state index in [0.717, 1.165) is 5.56 Å². The van der Waals surface area contributed by atoms with Crippen molar-refractivity contribution in [1.29, 1.82) is 0 Å². The molecule has 0 unspecified atom stereocenters. The lowest BCUT2D eigenvalue weighted by Gasteiger charge is -2.09. The molecule has 0 aliphatic rings. The normalized spacial score (nSPS) is 9.97. The summed E-state index contributed by atoms with van der Waals surface area (Å²) in [5.74, 6) is 0. The lowest BCUT2D eigenvalue weighted by Crippen LogP contribution is -1.88. The summed E-state index contributed by atoms with van der Waals surface area (Å²) in [5.41, 5.74) is 16.2. The highest BCUT2D eigenvalue weighted by Gasteiger charge is 2.03. The van der Waals surface area contributed by atoms with Crippen LogP contribution in [0.2, 0.25) is 0 Å². The monoisotopic (exact) mass is 462 g/mol. The summed E-state index contributed by atoms with van der Waals surface area (Å²) in [4.78, 5) is 0. The summed E-state index contributed by atoms with van der Waals surface area (Å²) in [6.07, 6.45) is 1.87. The van der Waals surface area contributed by atoms with Gasteiger partial charge in [-0.1, -0.05) is 85.5 Å². The molecule has 0 atom stereocenters. The van der Waals surface area contributed by atoms with Gasteiger partial charge in [-0.25, -0.2) is 0 Å². The summed E-state index contributed by atoms with van der Waals surface area (Å²) < 4.78 is 0. The minimum absolute atomic E-state index is 1.16. The van der Waals surface area contributed by atoms with E-state index in [-0.39, 0.29) is 0 Å². The van der Waals surface area contributed by atoms with Crippen LogP contribution in [0.15, 0.2) is 79.4 Å². The third kappa shape index (κ3) is 7.82. The highest BCUT2D eigenvalue weighted by Crippen LogP contribution is 2.25.